The summed E-state index contributed by atoms with van der Waals surface area (Å²) in [6.07, 6.45) is 0. The fourth-order valence-corrected chi connectivity index (χ4v) is 2.25. The van der Waals surface area contributed by atoms with Gasteiger partial charge >= 0.3 is 0 Å². The van der Waals surface area contributed by atoms with Crippen molar-refractivity contribution in [1.82, 2.24) is 20.2 Å². The van der Waals surface area contributed by atoms with Crippen molar-refractivity contribution in [1.29, 1.82) is 0 Å². The molecule has 0 bridgehead atoms. The van der Waals surface area contributed by atoms with Crippen LogP contribution in [0.15, 0.2) is 36.4 Å². The molecule has 0 aliphatic rings. The highest BCUT2D eigenvalue weighted by molar-refractivity contribution is 6.30. The number of methoxy groups -OCH3 is 1. The number of nitrogens with one attached hydrogen (secondary N) is 3. The SMILES string of the molecule is COCc1cc(Nc2cc(C)n[nH]2)nc(Nc2ccc(Cl)cc2)n1. The molecule has 3 N–H and O–H groups in total. The van der Waals surface area contributed by atoms with Gasteiger partial charge in [-0.25, -0.2) is 4.98 Å². The van der Waals surface area contributed by atoms with E-state index in [-0.39, 0.29) is 0 Å². The molecule has 3 rings (SSSR count). The summed E-state index contributed by atoms with van der Waals surface area (Å²) in [5.41, 5.74) is 2.49. The van der Waals surface area contributed by atoms with Gasteiger partial charge in [-0.1, -0.05) is 11.6 Å². The molecular weight excluding hydrogens is 328 g/mol. The Bertz CT molecular complexity index is 818. The molecule has 0 radical (unpaired) electrons. The zero-order valence-electron chi connectivity index (χ0n) is 13.3. The molecule has 0 spiro atoms. The lowest BCUT2D eigenvalue weighted by molar-refractivity contribution is 0.181. The molecule has 1 aromatic carbocycles. The van der Waals surface area contributed by atoms with Crippen LogP contribution in [0.2, 0.25) is 5.02 Å². The topological polar surface area (TPSA) is 87.8 Å². The first-order valence-corrected chi connectivity index (χ1v) is 7.69. The Kier molecular flexibility index (Phi) is 4.93. The number of rotatable bonds is 6. The van der Waals surface area contributed by atoms with E-state index in [0.717, 1.165) is 22.9 Å². The Balaban J connectivity index is 1.85. The normalized spacial score (nSPS) is 10.6. The lowest BCUT2D eigenvalue weighted by Gasteiger charge is -2.10. The third-order valence-corrected chi connectivity index (χ3v) is 3.39. The lowest BCUT2D eigenvalue weighted by Crippen LogP contribution is -2.04. The summed E-state index contributed by atoms with van der Waals surface area (Å²) in [5.74, 6) is 1.86. The number of benzene rings is 1. The monoisotopic (exact) mass is 344 g/mol. The van der Waals surface area contributed by atoms with Crippen molar-refractivity contribution in [3.8, 4) is 0 Å². The maximum atomic E-state index is 5.90. The minimum Gasteiger partial charge on any atom is -0.378 e. The Morgan fingerprint density at radius 3 is 2.58 bits per heavy atom. The highest BCUT2D eigenvalue weighted by atomic mass is 35.5. The predicted octanol–water partition coefficient (Wildman–Crippen LogP) is 3.80. The third kappa shape index (κ3) is 4.21. The smallest absolute Gasteiger partial charge is 0.229 e. The van der Waals surface area contributed by atoms with E-state index >= 15 is 0 Å². The van der Waals surface area contributed by atoms with Crippen molar-refractivity contribution < 1.29 is 4.74 Å². The molecule has 2 aromatic heterocycles. The van der Waals surface area contributed by atoms with Gasteiger partial charge in [-0.3, -0.25) is 5.10 Å². The van der Waals surface area contributed by atoms with Crippen LogP contribution in [0.1, 0.15) is 11.4 Å². The van der Waals surface area contributed by atoms with Gasteiger partial charge in [0.2, 0.25) is 5.95 Å². The first kappa shape index (κ1) is 16.2. The summed E-state index contributed by atoms with van der Waals surface area (Å²) in [4.78, 5) is 8.91. The van der Waals surface area contributed by atoms with Gasteiger partial charge in [0.05, 0.1) is 18.0 Å². The average molecular weight is 345 g/mol. The van der Waals surface area contributed by atoms with Crippen LogP contribution in [0.4, 0.5) is 23.3 Å². The molecule has 0 fully saturated rings. The van der Waals surface area contributed by atoms with Crippen LogP contribution in [0, 0.1) is 6.92 Å². The van der Waals surface area contributed by atoms with Crippen molar-refractivity contribution in [3.63, 3.8) is 0 Å². The number of ether oxygens (including phenoxy) is 1. The van der Waals surface area contributed by atoms with Crippen molar-refractivity contribution in [2.75, 3.05) is 17.7 Å². The molecule has 0 unspecified atom stereocenters. The number of hydrogen-bond acceptors (Lipinski definition) is 6. The second-order valence-electron chi connectivity index (χ2n) is 5.18. The number of aromatic nitrogens is 4. The number of halogens is 1. The van der Waals surface area contributed by atoms with E-state index in [2.05, 4.69) is 30.8 Å². The Hall–Kier alpha value is -2.64. The Morgan fingerprint density at radius 1 is 1.12 bits per heavy atom. The number of H-pyrrole nitrogens is 1. The van der Waals surface area contributed by atoms with E-state index in [0.29, 0.717) is 23.4 Å². The minimum atomic E-state index is 0.383. The molecule has 7 nitrogen and oxygen atoms in total. The number of nitrogens with zero attached hydrogens (tertiary/aromatic N) is 3. The predicted molar refractivity (Wildman–Crippen MR) is 94.1 cm³/mol. The summed E-state index contributed by atoms with van der Waals surface area (Å²) in [6, 6.07) is 11.0. The van der Waals surface area contributed by atoms with Gasteiger partial charge in [0.25, 0.3) is 0 Å². The summed E-state index contributed by atoms with van der Waals surface area (Å²) in [5, 5.41) is 14.0. The van der Waals surface area contributed by atoms with E-state index in [4.69, 9.17) is 16.3 Å². The fraction of sp³-hybridized carbons (Fsp3) is 0.188. The summed E-state index contributed by atoms with van der Waals surface area (Å²) < 4.78 is 5.17. The Morgan fingerprint density at radius 2 is 1.92 bits per heavy atom. The van der Waals surface area contributed by atoms with Gasteiger partial charge in [0, 0.05) is 30.0 Å². The second kappa shape index (κ2) is 7.29. The van der Waals surface area contributed by atoms with Gasteiger partial charge in [0.1, 0.15) is 11.6 Å². The first-order chi connectivity index (χ1) is 11.6. The average Bonchev–Trinajstić information content (AvgIpc) is 2.95. The second-order valence-corrected chi connectivity index (χ2v) is 5.62. The lowest BCUT2D eigenvalue weighted by atomic mass is 10.3. The van der Waals surface area contributed by atoms with E-state index < -0.39 is 0 Å². The van der Waals surface area contributed by atoms with Gasteiger partial charge < -0.3 is 15.4 Å². The summed E-state index contributed by atoms with van der Waals surface area (Å²) in [6.45, 7) is 2.29. The standard InChI is InChI=1S/C16H17ClN6O/c1-10-7-15(23-22-10)20-14-8-13(9-24-2)19-16(21-14)18-12-5-3-11(17)4-6-12/h3-8H,9H2,1-2H3,(H3,18,19,20,21,22,23). The van der Waals surface area contributed by atoms with Crippen LogP contribution in [0.25, 0.3) is 0 Å². The first-order valence-electron chi connectivity index (χ1n) is 7.31. The zero-order valence-corrected chi connectivity index (χ0v) is 14.1. The van der Waals surface area contributed by atoms with Crippen LogP contribution in [-0.4, -0.2) is 27.3 Å². The summed E-state index contributed by atoms with van der Waals surface area (Å²) >= 11 is 5.90. The molecule has 0 aliphatic carbocycles. The highest BCUT2D eigenvalue weighted by Crippen LogP contribution is 2.20. The minimum absolute atomic E-state index is 0.383. The van der Waals surface area contributed by atoms with Crippen LogP contribution in [-0.2, 0) is 11.3 Å². The van der Waals surface area contributed by atoms with Gasteiger partial charge in [-0.15, -0.1) is 0 Å². The van der Waals surface area contributed by atoms with Crippen molar-refractivity contribution in [2.45, 2.75) is 13.5 Å². The number of aromatic amines is 1. The molecule has 0 atom stereocenters. The molecule has 0 saturated carbocycles. The van der Waals surface area contributed by atoms with Gasteiger partial charge in [-0.2, -0.15) is 10.1 Å². The highest BCUT2D eigenvalue weighted by Gasteiger charge is 2.07. The van der Waals surface area contributed by atoms with E-state index in [1.54, 1.807) is 19.2 Å². The molecule has 0 amide bonds. The third-order valence-electron chi connectivity index (χ3n) is 3.14. The molecule has 24 heavy (non-hydrogen) atoms. The molecule has 0 saturated heterocycles. The molecule has 0 aliphatic heterocycles. The van der Waals surface area contributed by atoms with Crippen LogP contribution in [0.5, 0.6) is 0 Å². The fourth-order valence-electron chi connectivity index (χ4n) is 2.13. The molecular formula is C16H17ClN6O. The number of hydrogen-bond donors (Lipinski definition) is 3. The summed E-state index contributed by atoms with van der Waals surface area (Å²) in [7, 11) is 1.62. The van der Waals surface area contributed by atoms with Crippen LogP contribution < -0.4 is 10.6 Å². The quantitative estimate of drug-likeness (QED) is 0.630. The molecule has 2 heterocycles. The van der Waals surface area contributed by atoms with Crippen LogP contribution in [0.3, 0.4) is 0 Å². The van der Waals surface area contributed by atoms with E-state index in [9.17, 15) is 0 Å². The maximum Gasteiger partial charge on any atom is 0.229 e. The van der Waals surface area contributed by atoms with Crippen molar-refractivity contribution in [2.24, 2.45) is 0 Å². The Labute approximate surface area is 144 Å². The molecule has 124 valence electrons. The largest absolute Gasteiger partial charge is 0.378 e. The molecule has 8 heteroatoms. The van der Waals surface area contributed by atoms with E-state index in [1.807, 2.05) is 31.2 Å². The van der Waals surface area contributed by atoms with Crippen molar-refractivity contribution >= 4 is 34.9 Å². The maximum absolute atomic E-state index is 5.90. The van der Waals surface area contributed by atoms with Gasteiger partial charge in [0.15, 0.2) is 0 Å². The zero-order chi connectivity index (χ0) is 16.9. The number of aryl methyl sites for hydroxylation is 1. The van der Waals surface area contributed by atoms with E-state index in [1.165, 1.54) is 0 Å². The van der Waals surface area contributed by atoms with Gasteiger partial charge in [-0.05, 0) is 31.2 Å². The number of anilines is 4. The molecule has 3 aromatic rings. The van der Waals surface area contributed by atoms with Crippen molar-refractivity contribution in [3.05, 3.63) is 52.8 Å². The van der Waals surface area contributed by atoms with Crippen LogP contribution >= 0.6 is 11.6 Å².